The van der Waals surface area contributed by atoms with E-state index in [0.29, 0.717) is 34.2 Å². The minimum absolute atomic E-state index is 0.0233. The Morgan fingerprint density at radius 3 is 2.82 bits per heavy atom. The van der Waals surface area contributed by atoms with Crippen molar-refractivity contribution in [1.82, 2.24) is 14.9 Å². The fraction of sp³-hybridized carbons (Fsp3) is 0.474. The van der Waals surface area contributed by atoms with Gasteiger partial charge in [0.25, 0.3) is 5.56 Å². The van der Waals surface area contributed by atoms with E-state index < -0.39 is 5.54 Å². The summed E-state index contributed by atoms with van der Waals surface area (Å²) in [5, 5.41) is 13.4. The highest BCUT2D eigenvalue weighted by Gasteiger charge is 2.30. The van der Waals surface area contributed by atoms with Crippen LogP contribution in [0.25, 0.3) is 10.9 Å². The van der Waals surface area contributed by atoms with E-state index in [0.717, 1.165) is 11.8 Å². The van der Waals surface area contributed by atoms with Gasteiger partial charge in [-0.2, -0.15) is 5.26 Å². The normalized spacial score (nSPS) is 13.3. The molecule has 2 rings (SSSR count). The van der Waals surface area contributed by atoms with Crippen molar-refractivity contribution in [2.75, 3.05) is 19.5 Å². The predicted molar refractivity (Wildman–Crippen MR) is 111 cm³/mol. The van der Waals surface area contributed by atoms with Crippen molar-refractivity contribution >= 4 is 40.2 Å². The van der Waals surface area contributed by atoms with E-state index in [4.69, 9.17) is 16.3 Å². The Morgan fingerprint density at radius 2 is 2.21 bits per heavy atom. The summed E-state index contributed by atoms with van der Waals surface area (Å²) < 4.78 is 6.58. The fourth-order valence-electron chi connectivity index (χ4n) is 2.42. The number of thioether (sulfide) groups is 1. The summed E-state index contributed by atoms with van der Waals surface area (Å²) in [5.41, 5.74) is -0.707. The molecule has 28 heavy (non-hydrogen) atoms. The molecule has 0 fully saturated rings. The first kappa shape index (κ1) is 22.2. The number of nitrogens with one attached hydrogen (secondary N) is 1. The van der Waals surface area contributed by atoms with E-state index >= 15 is 0 Å². The van der Waals surface area contributed by atoms with Gasteiger partial charge >= 0.3 is 0 Å². The lowest BCUT2D eigenvalue weighted by Gasteiger charge is -2.27. The molecule has 9 heteroatoms. The third kappa shape index (κ3) is 5.04. The van der Waals surface area contributed by atoms with Gasteiger partial charge in [-0.25, -0.2) is 4.98 Å². The fourth-order valence-corrected chi connectivity index (χ4v) is 3.41. The Labute approximate surface area is 173 Å². The van der Waals surface area contributed by atoms with Crippen molar-refractivity contribution in [3.8, 4) is 6.07 Å². The van der Waals surface area contributed by atoms with Crippen LogP contribution in [0.15, 0.2) is 28.2 Å². The number of benzene rings is 1. The molecule has 0 aliphatic rings. The van der Waals surface area contributed by atoms with E-state index in [-0.39, 0.29) is 23.1 Å². The predicted octanol–water partition coefficient (Wildman–Crippen LogP) is 2.84. The molecule has 1 unspecified atom stereocenters. The Kier molecular flexibility index (Phi) is 7.47. The molecule has 1 N–H and O–H groups in total. The van der Waals surface area contributed by atoms with Crippen LogP contribution < -0.4 is 10.9 Å². The molecule has 0 saturated heterocycles. The maximum absolute atomic E-state index is 12.8. The zero-order valence-electron chi connectivity index (χ0n) is 16.3. The quantitative estimate of drug-likeness (QED) is 0.519. The third-order valence-corrected chi connectivity index (χ3v) is 5.73. The van der Waals surface area contributed by atoms with Crippen molar-refractivity contribution in [3.05, 3.63) is 33.6 Å². The maximum Gasteiger partial charge on any atom is 0.262 e. The highest BCUT2D eigenvalue weighted by molar-refractivity contribution is 7.99. The standard InChI is InChI=1S/C19H23ClN4O3S/c1-12(2)19(3,11-21)23-16(25)10-28-18-22-15-9-13(20)5-6-14(15)17(26)24(18)7-8-27-4/h5-6,9,12H,7-8,10H2,1-4H3,(H,23,25). The topological polar surface area (TPSA) is 97.0 Å². The zero-order chi connectivity index (χ0) is 20.9. The van der Waals surface area contributed by atoms with Gasteiger partial charge in [-0.3, -0.25) is 14.2 Å². The number of methoxy groups -OCH3 is 1. The van der Waals surface area contributed by atoms with Crippen molar-refractivity contribution < 1.29 is 9.53 Å². The highest BCUT2D eigenvalue weighted by atomic mass is 35.5. The summed E-state index contributed by atoms with van der Waals surface area (Å²) in [6.07, 6.45) is 0. The number of hydrogen-bond acceptors (Lipinski definition) is 6. The van der Waals surface area contributed by atoms with Gasteiger partial charge in [-0.15, -0.1) is 0 Å². The van der Waals surface area contributed by atoms with Crippen LogP contribution in [0, 0.1) is 17.2 Å². The second kappa shape index (κ2) is 9.41. The summed E-state index contributed by atoms with van der Waals surface area (Å²) in [5.74, 6) is -0.330. The van der Waals surface area contributed by atoms with Crippen LogP contribution in [0.5, 0.6) is 0 Å². The summed E-state index contributed by atoms with van der Waals surface area (Å²) in [6, 6.07) is 7.04. The van der Waals surface area contributed by atoms with Gasteiger partial charge in [0.15, 0.2) is 5.16 Å². The first-order chi connectivity index (χ1) is 13.2. The molecule has 0 radical (unpaired) electrons. The second-order valence-corrected chi connectivity index (χ2v) is 8.19. The molecular weight excluding hydrogens is 400 g/mol. The van der Waals surface area contributed by atoms with E-state index in [1.165, 1.54) is 4.57 Å². The zero-order valence-corrected chi connectivity index (χ0v) is 17.9. The Bertz CT molecular complexity index is 970. The van der Waals surface area contributed by atoms with Gasteiger partial charge in [0.2, 0.25) is 5.91 Å². The molecule has 1 aromatic carbocycles. The number of carbonyl (C=O) groups excluding carboxylic acids is 1. The number of hydrogen-bond donors (Lipinski definition) is 1. The van der Waals surface area contributed by atoms with Crippen LogP contribution >= 0.6 is 23.4 Å². The number of amides is 1. The van der Waals surface area contributed by atoms with Crippen molar-refractivity contribution in [3.63, 3.8) is 0 Å². The molecule has 0 saturated carbocycles. The SMILES string of the molecule is COCCn1c(SCC(=O)NC(C)(C#N)C(C)C)nc2cc(Cl)ccc2c1=O. The average Bonchev–Trinajstić information content (AvgIpc) is 2.65. The lowest BCUT2D eigenvalue weighted by molar-refractivity contribution is -0.120. The molecular formula is C19H23ClN4O3S. The van der Waals surface area contributed by atoms with Gasteiger partial charge in [0.1, 0.15) is 5.54 Å². The van der Waals surface area contributed by atoms with Gasteiger partial charge in [0.05, 0.1) is 35.9 Å². The molecule has 1 amide bonds. The van der Waals surface area contributed by atoms with E-state index in [1.54, 1.807) is 32.2 Å². The van der Waals surface area contributed by atoms with Crippen molar-refractivity contribution in [2.24, 2.45) is 5.92 Å². The molecule has 1 heterocycles. The molecule has 0 bridgehead atoms. The molecule has 1 atom stereocenters. The molecule has 0 aliphatic carbocycles. The van der Waals surface area contributed by atoms with Gasteiger partial charge in [0, 0.05) is 12.1 Å². The second-order valence-electron chi connectivity index (χ2n) is 6.81. The van der Waals surface area contributed by atoms with Gasteiger partial charge in [-0.1, -0.05) is 37.2 Å². The Balaban J connectivity index is 2.31. The summed E-state index contributed by atoms with van der Waals surface area (Å²) in [7, 11) is 1.55. The first-order valence-corrected chi connectivity index (χ1v) is 10.1. The molecule has 0 spiro atoms. The van der Waals surface area contributed by atoms with Crippen molar-refractivity contribution in [1.29, 1.82) is 5.26 Å². The smallest absolute Gasteiger partial charge is 0.262 e. The number of fused-ring (bicyclic) bond motifs is 1. The molecule has 0 aliphatic heterocycles. The molecule has 150 valence electrons. The van der Waals surface area contributed by atoms with E-state index in [1.807, 2.05) is 13.8 Å². The lowest BCUT2D eigenvalue weighted by Crippen LogP contribution is -2.49. The number of nitriles is 1. The first-order valence-electron chi connectivity index (χ1n) is 8.76. The molecule has 2 aromatic rings. The number of nitrogens with zero attached hydrogens (tertiary/aromatic N) is 3. The third-order valence-electron chi connectivity index (χ3n) is 4.52. The highest BCUT2D eigenvalue weighted by Crippen LogP contribution is 2.21. The van der Waals surface area contributed by atoms with Crippen LogP contribution in [-0.4, -0.2) is 40.5 Å². The summed E-state index contributed by atoms with van der Waals surface area (Å²) >= 11 is 7.16. The minimum atomic E-state index is -0.961. The molecule has 7 nitrogen and oxygen atoms in total. The van der Waals surface area contributed by atoms with Gasteiger partial charge in [-0.05, 0) is 31.0 Å². The molecule has 1 aromatic heterocycles. The Morgan fingerprint density at radius 1 is 1.50 bits per heavy atom. The van der Waals surface area contributed by atoms with Crippen LogP contribution in [0.4, 0.5) is 0 Å². The van der Waals surface area contributed by atoms with Crippen molar-refractivity contribution in [2.45, 2.75) is 38.0 Å². The van der Waals surface area contributed by atoms with Gasteiger partial charge < -0.3 is 10.1 Å². The summed E-state index contributed by atoms with van der Waals surface area (Å²) in [4.78, 5) is 29.7. The van der Waals surface area contributed by atoms with Crippen LogP contribution in [-0.2, 0) is 16.1 Å². The summed E-state index contributed by atoms with van der Waals surface area (Å²) in [6.45, 7) is 6.07. The largest absolute Gasteiger partial charge is 0.383 e. The monoisotopic (exact) mass is 422 g/mol. The van der Waals surface area contributed by atoms with E-state index in [2.05, 4.69) is 16.4 Å². The number of carbonyl (C=O) groups is 1. The Hall–Kier alpha value is -2.08. The minimum Gasteiger partial charge on any atom is -0.383 e. The lowest BCUT2D eigenvalue weighted by atomic mass is 9.90. The van der Waals surface area contributed by atoms with Crippen LogP contribution in [0.2, 0.25) is 5.02 Å². The number of rotatable bonds is 8. The number of ether oxygens (including phenoxy) is 1. The number of halogens is 1. The van der Waals surface area contributed by atoms with Crippen LogP contribution in [0.1, 0.15) is 20.8 Å². The number of aromatic nitrogens is 2. The average molecular weight is 423 g/mol. The van der Waals surface area contributed by atoms with E-state index in [9.17, 15) is 14.9 Å². The van der Waals surface area contributed by atoms with Crippen LogP contribution in [0.3, 0.4) is 0 Å². The maximum atomic E-state index is 12.8.